The van der Waals surface area contributed by atoms with Crippen molar-refractivity contribution in [1.82, 2.24) is 0 Å². The highest BCUT2D eigenvalue weighted by molar-refractivity contribution is 14.1. The fourth-order valence-corrected chi connectivity index (χ4v) is 1.50. The molecular weight excluding hydrogens is 263 g/mol. The molecule has 0 bridgehead atoms. The van der Waals surface area contributed by atoms with Crippen LogP contribution >= 0.6 is 22.6 Å². The summed E-state index contributed by atoms with van der Waals surface area (Å²) in [4.78, 5) is 0. The molecule has 0 aliphatic carbocycles. The third-order valence-corrected chi connectivity index (χ3v) is 2.38. The Morgan fingerprint density at radius 1 is 0.917 bits per heavy atom. The summed E-state index contributed by atoms with van der Waals surface area (Å²) in [5.74, 6) is 0. The predicted molar refractivity (Wildman–Crippen MR) is 62.6 cm³/mol. The first-order chi connectivity index (χ1) is 5.91. The number of allylic oxidation sites excluding steroid dienone is 1. The Balaban J connectivity index is 2.81. The summed E-state index contributed by atoms with van der Waals surface area (Å²) in [5, 5.41) is 8.53. The molecule has 1 N–H and O–H groups in total. The summed E-state index contributed by atoms with van der Waals surface area (Å²) < 4.78 is 2.09. The van der Waals surface area contributed by atoms with E-state index in [9.17, 15) is 0 Å². The van der Waals surface area contributed by atoms with Gasteiger partial charge >= 0.3 is 0 Å². The van der Waals surface area contributed by atoms with Crippen LogP contribution in [0.1, 0.15) is 44.9 Å². The van der Waals surface area contributed by atoms with Crippen molar-refractivity contribution in [3.63, 3.8) is 0 Å². The molecule has 0 rings (SSSR count). The van der Waals surface area contributed by atoms with Crippen LogP contribution in [-0.4, -0.2) is 11.7 Å². The van der Waals surface area contributed by atoms with Crippen LogP contribution in [0, 0.1) is 0 Å². The molecule has 0 amide bonds. The number of hydrogen-bond acceptors (Lipinski definition) is 1. The van der Waals surface area contributed by atoms with Gasteiger partial charge in [0.2, 0.25) is 0 Å². The monoisotopic (exact) mass is 282 g/mol. The average molecular weight is 282 g/mol. The topological polar surface area (TPSA) is 20.2 Å². The zero-order valence-corrected chi connectivity index (χ0v) is 9.79. The molecule has 0 spiro atoms. The Kier molecular flexibility index (Phi) is 11.8. The quantitative estimate of drug-likeness (QED) is 0.532. The Bertz CT molecular complexity index is 102. The second-order valence-corrected chi connectivity index (χ2v) is 3.71. The number of unbranched alkanes of at least 4 members (excludes halogenated alkanes) is 6. The van der Waals surface area contributed by atoms with E-state index in [0.29, 0.717) is 6.61 Å². The van der Waals surface area contributed by atoms with Crippen molar-refractivity contribution in [1.29, 1.82) is 0 Å². The lowest BCUT2D eigenvalue weighted by Gasteiger charge is -1.98. The molecule has 0 fully saturated rings. The molecule has 0 aliphatic rings. The van der Waals surface area contributed by atoms with Gasteiger partial charge in [0.1, 0.15) is 0 Å². The highest BCUT2D eigenvalue weighted by Gasteiger charge is 1.88. The summed E-state index contributed by atoms with van der Waals surface area (Å²) in [5.41, 5.74) is 0. The summed E-state index contributed by atoms with van der Waals surface area (Å²) in [6.07, 6.45) is 10.9. The maximum absolute atomic E-state index is 8.53. The maximum atomic E-state index is 8.53. The van der Waals surface area contributed by atoms with Gasteiger partial charge in [-0.25, -0.2) is 0 Å². The molecular formula is C10H19IO. The van der Waals surface area contributed by atoms with Crippen LogP contribution in [0.5, 0.6) is 0 Å². The van der Waals surface area contributed by atoms with Crippen LogP contribution in [0.3, 0.4) is 0 Å². The summed E-state index contributed by atoms with van der Waals surface area (Å²) in [6, 6.07) is 0. The molecule has 0 saturated heterocycles. The summed E-state index contributed by atoms with van der Waals surface area (Å²) in [6.45, 7) is 0.359. The minimum atomic E-state index is 0.359. The fraction of sp³-hybridized carbons (Fsp3) is 0.800. The smallest absolute Gasteiger partial charge is 0.0431 e. The first kappa shape index (κ1) is 12.4. The van der Waals surface area contributed by atoms with Gasteiger partial charge in [-0.2, -0.15) is 0 Å². The van der Waals surface area contributed by atoms with Crippen LogP contribution in [0.15, 0.2) is 10.2 Å². The van der Waals surface area contributed by atoms with E-state index < -0.39 is 0 Å². The molecule has 0 aromatic rings. The second-order valence-electron chi connectivity index (χ2n) is 3.00. The van der Waals surface area contributed by atoms with E-state index in [4.69, 9.17) is 5.11 Å². The number of aliphatic hydroxyl groups excluding tert-OH is 1. The third kappa shape index (κ3) is 10.4. The van der Waals surface area contributed by atoms with Crippen LogP contribution in [0.25, 0.3) is 0 Å². The van der Waals surface area contributed by atoms with Gasteiger partial charge in [-0.1, -0.05) is 54.4 Å². The summed E-state index contributed by atoms with van der Waals surface area (Å²) in [7, 11) is 0. The van der Waals surface area contributed by atoms with E-state index in [-0.39, 0.29) is 0 Å². The van der Waals surface area contributed by atoms with Crippen molar-refractivity contribution in [3.8, 4) is 0 Å². The van der Waals surface area contributed by atoms with E-state index >= 15 is 0 Å². The minimum Gasteiger partial charge on any atom is -0.396 e. The van der Waals surface area contributed by atoms with Gasteiger partial charge in [0.05, 0.1) is 0 Å². The highest BCUT2D eigenvalue weighted by Crippen LogP contribution is 2.07. The largest absolute Gasteiger partial charge is 0.396 e. The standard InChI is InChI=1S/C10H19IO/c11-9-7-5-3-1-2-4-6-8-10-12/h7,9,12H,1-6,8,10H2/b9-7-. The molecule has 0 unspecified atom stereocenters. The average Bonchev–Trinajstić information content (AvgIpc) is 2.10. The first-order valence-electron chi connectivity index (χ1n) is 4.78. The molecule has 0 atom stereocenters. The molecule has 0 aromatic carbocycles. The van der Waals surface area contributed by atoms with Gasteiger partial charge in [0, 0.05) is 6.61 Å². The van der Waals surface area contributed by atoms with Gasteiger partial charge in [0.15, 0.2) is 0 Å². The molecule has 0 radical (unpaired) electrons. The molecule has 1 nitrogen and oxygen atoms in total. The summed E-state index contributed by atoms with van der Waals surface area (Å²) >= 11 is 2.26. The van der Waals surface area contributed by atoms with Gasteiger partial charge in [-0.3, -0.25) is 0 Å². The fourth-order valence-electron chi connectivity index (χ4n) is 1.14. The molecule has 72 valence electrons. The highest BCUT2D eigenvalue weighted by atomic mass is 127. The van der Waals surface area contributed by atoms with Crippen LogP contribution in [0.2, 0.25) is 0 Å². The van der Waals surface area contributed by atoms with Crippen LogP contribution in [-0.2, 0) is 0 Å². The number of halogens is 1. The molecule has 0 aliphatic heterocycles. The Morgan fingerprint density at radius 2 is 1.50 bits per heavy atom. The predicted octanol–water partition coefficient (Wildman–Crippen LogP) is 3.66. The van der Waals surface area contributed by atoms with Crippen molar-refractivity contribution >= 4 is 22.6 Å². The molecule has 2 heteroatoms. The Labute approximate surface area is 89.4 Å². The molecule has 0 saturated carbocycles. The van der Waals surface area contributed by atoms with E-state index in [1.165, 1.54) is 38.5 Å². The number of aliphatic hydroxyl groups is 1. The van der Waals surface area contributed by atoms with Crippen LogP contribution in [0.4, 0.5) is 0 Å². The normalized spacial score (nSPS) is 11.2. The Hall–Kier alpha value is 0.430. The third-order valence-electron chi connectivity index (χ3n) is 1.87. The Morgan fingerprint density at radius 3 is 2.08 bits per heavy atom. The van der Waals surface area contributed by atoms with Crippen molar-refractivity contribution in [2.75, 3.05) is 6.61 Å². The van der Waals surface area contributed by atoms with Gasteiger partial charge in [-0.15, -0.1) is 0 Å². The molecule has 12 heavy (non-hydrogen) atoms. The van der Waals surface area contributed by atoms with Gasteiger partial charge < -0.3 is 5.11 Å². The van der Waals surface area contributed by atoms with Crippen molar-refractivity contribution in [2.24, 2.45) is 0 Å². The minimum absolute atomic E-state index is 0.359. The van der Waals surface area contributed by atoms with Crippen molar-refractivity contribution in [3.05, 3.63) is 10.2 Å². The van der Waals surface area contributed by atoms with E-state index in [1.807, 2.05) is 0 Å². The van der Waals surface area contributed by atoms with Gasteiger partial charge in [0.25, 0.3) is 0 Å². The van der Waals surface area contributed by atoms with E-state index in [1.54, 1.807) is 0 Å². The van der Waals surface area contributed by atoms with E-state index in [2.05, 4.69) is 32.7 Å². The molecule has 0 aromatic heterocycles. The van der Waals surface area contributed by atoms with Gasteiger partial charge in [-0.05, 0) is 23.3 Å². The van der Waals surface area contributed by atoms with Crippen molar-refractivity contribution in [2.45, 2.75) is 44.9 Å². The first-order valence-corrected chi connectivity index (χ1v) is 6.02. The lowest BCUT2D eigenvalue weighted by Crippen LogP contribution is -1.83. The zero-order chi connectivity index (χ0) is 9.07. The lowest BCUT2D eigenvalue weighted by molar-refractivity contribution is 0.282. The van der Waals surface area contributed by atoms with Crippen LogP contribution < -0.4 is 0 Å². The molecule has 0 heterocycles. The number of hydrogen-bond donors (Lipinski definition) is 1. The lowest BCUT2D eigenvalue weighted by atomic mass is 10.1. The van der Waals surface area contributed by atoms with E-state index in [0.717, 1.165) is 6.42 Å². The zero-order valence-electron chi connectivity index (χ0n) is 7.64. The second kappa shape index (κ2) is 11.4. The SMILES string of the molecule is OCCCCCCCC/C=C\I. The van der Waals surface area contributed by atoms with Crippen molar-refractivity contribution < 1.29 is 5.11 Å². The number of rotatable bonds is 8. The maximum Gasteiger partial charge on any atom is 0.0431 e.